The first kappa shape index (κ1) is 15.2. The zero-order valence-electron chi connectivity index (χ0n) is 13.2. The molecule has 23 heavy (non-hydrogen) atoms. The molecule has 2 saturated heterocycles. The molecule has 0 aliphatic carbocycles. The SMILES string of the molecule is Clc1ccc2nccc(N3CCN(CC4CCOC4)CC3)c2c1. The lowest BCUT2D eigenvalue weighted by Crippen LogP contribution is -2.48. The van der Waals surface area contributed by atoms with Crippen LogP contribution < -0.4 is 4.90 Å². The Labute approximate surface area is 142 Å². The van der Waals surface area contributed by atoms with E-state index in [2.05, 4.69) is 20.9 Å². The van der Waals surface area contributed by atoms with Crippen molar-refractivity contribution in [2.45, 2.75) is 6.42 Å². The highest BCUT2D eigenvalue weighted by Gasteiger charge is 2.23. The summed E-state index contributed by atoms with van der Waals surface area (Å²) in [7, 11) is 0. The minimum absolute atomic E-state index is 0.724. The van der Waals surface area contributed by atoms with Crippen LogP contribution in [0.15, 0.2) is 30.5 Å². The van der Waals surface area contributed by atoms with Crippen LogP contribution in [-0.2, 0) is 4.74 Å². The van der Waals surface area contributed by atoms with Gasteiger partial charge in [-0.15, -0.1) is 0 Å². The van der Waals surface area contributed by atoms with E-state index in [1.165, 1.54) is 18.7 Å². The molecule has 0 spiro atoms. The van der Waals surface area contributed by atoms with E-state index >= 15 is 0 Å². The van der Waals surface area contributed by atoms with Crippen LogP contribution in [0.3, 0.4) is 0 Å². The van der Waals surface area contributed by atoms with Crippen LogP contribution in [0.5, 0.6) is 0 Å². The van der Waals surface area contributed by atoms with E-state index in [4.69, 9.17) is 16.3 Å². The van der Waals surface area contributed by atoms with Gasteiger partial charge in [0.15, 0.2) is 0 Å². The molecule has 122 valence electrons. The first-order valence-corrected chi connectivity index (χ1v) is 8.77. The van der Waals surface area contributed by atoms with Gasteiger partial charge in [-0.05, 0) is 36.6 Å². The third kappa shape index (κ3) is 3.30. The summed E-state index contributed by atoms with van der Waals surface area (Å²) in [5, 5.41) is 1.92. The topological polar surface area (TPSA) is 28.6 Å². The molecule has 2 aliphatic rings. The molecule has 0 bridgehead atoms. The Morgan fingerprint density at radius 2 is 2.04 bits per heavy atom. The molecular weight excluding hydrogens is 310 g/mol. The van der Waals surface area contributed by atoms with Crippen LogP contribution in [0.25, 0.3) is 10.9 Å². The van der Waals surface area contributed by atoms with Crippen LogP contribution in [-0.4, -0.2) is 55.8 Å². The van der Waals surface area contributed by atoms with Gasteiger partial charge in [-0.3, -0.25) is 9.88 Å². The van der Waals surface area contributed by atoms with Gasteiger partial charge in [-0.2, -0.15) is 0 Å². The Morgan fingerprint density at radius 3 is 2.83 bits per heavy atom. The molecule has 1 aromatic heterocycles. The van der Waals surface area contributed by atoms with E-state index in [1.807, 2.05) is 24.4 Å². The van der Waals surface area contributed by atoms with Gasteiger partial charge in [0.1, 0.15) is 0 Å². The van der Waals surface area contributed by atoms with Crippen molar-refractivity contribution in [2.24, 2.45) is 5.92 Å². The molecule has 1 atom stereocenters. The number of pyridine rings is 1. The van der Waals surface area contributed by atoms with E-state index < -0.39 is 0 Å². The minimum Gasteiger partial charge on any atom is -0.381 e. The fourth-order valence-corrected chi connectivity index (χ4v) is 3.82. The number of nitrogens with zero attached hydrogens (tertiary/aromatic N) is 3. The highest BCUT2D eigenvalue weighted by Crippen LogP contribution is 2.28. The van der Waals surface area contributed by atoms with Gasteiger partial charge in [0.25, 0.3) is 0 Å². The second-order valence-corrected chi connectivity index (χ2v) is 6.95. The highest BCUT2D eigenvalue weighted by atomic mass is 35.5. The molecule has 1 aromatic carbocycles. The smallest absolute Gasteiger partial charge is 0.0723 e. The summed E-state index contributed by atoms with van der Waals surface area (Å²) in [6, 6.07) is 8.04. The molecule has 2 aliphatic heterocycles. The Morgan fingerprint density at radius 1 is 1.17 bits per heavy atom. The molecule has 0 saturated carbocycles. The van der Waals surface area contributed by atoms with Gasteiger partial charge in [0.2, 0.25) is 0 Å². The van der Waals surface area contributed by atoms with Crippen LogP contribution >= 0.6 is 11.6 Å². The lowest BCUT2D eigenvalue weighted by atomic mass is 10.1. The second-order valence-electron chi connectivity index (χ2n) is 6.51. The fourth-order valence-electron chi connectivity index (χ4n) is 3.64. The second kappa shape index (κ2) is 6.63. The number of hydrogen-bond donors (Lipinski definition) is 0. The summed E-state index contributed by atoms with van der Waals surface area (Å²) in [6.07, 6.45) is 3.11. The van der Waals surface area contributed by atoms with E-state index in [1.54, 1.807) is 0 Å². The molecule has 5 heteroatoms. The van der Waals surface area contributed by atoms with E-state index in [0.717, 1.165) is 61.2 Å². The van der Waals surface area contributed by atoms with Crippen molar-refractivity contribution in [3.05, 3.63) is 35.5 Å². The summed E-state index contributed by atoms with van der Waals surface area (Å²) >= 11 is 6.18. The summed E-state index contributed by atoms with van der Waals surface area (Å²) in [6.45, 7) is 7.39. The number of ether oxygens (including phenoxy) is 1. The summed E-state index contributed by atoms with van der Waals surface area (Å²) in [5.74, 6) is 0.724. The zero-order chi connectivity index (χ0) is 15.6. The number of piperazine rings is 1. The lowest BCUT2D eigenvalue weighted by molar-refractivity contribution is 0.164. The molecule has 0 amide bonds. The lowest BCUT2D eigenvalue weighted by Gasteiger charge is -2.37. The van der Waals surface area contributed by atoms with E-state index in [-0.39, 0.29) is 0 Å². The maximum atomic E-state index is 6.18. The van der Waals surface area contributed by atoms with Crippen molar-refractivity contribution in [3.63, 3.8) is 0 Å². The van der Waals surface area contributed by atoms with Gasteiger partial charge in [0, 0.05) is 61.6 Å². The van der Waals surface area contributed by atoms with Gasteiger partial charge >= 0.3 is 0 Å². The van der Waals surface area contributed by atoms with Crippen molar-refractivity contribution in [2.75, 3.05) is 50.8 Å². The maximum Gasteiger partial charge on any atom is 0.0723 e. The van der Waals surface area contributed by atoms with E-state index in [9.17, 15) is 0 Å². The van der Waals surface area contributed by atoms with Crippen LogP contribution in [0.2, 0.25) is 5.02 Å². The average molecular weight is 332 g/mol. The van der Waals surface area contributed by atoms with Crippen molar-refractivity contribution in [1.29, 1.82) is 0 Å². The predicted octanol–water partition coefficient (Wildman–Crippen LogP) is 3.05. The van der Waals surface area contributed by atoms with Gasteiger partial charge in [0.05, 0.1) is 12.1 Å². The zero-order valence-corrected chi connectivity index (χ0v) is 14.0. The maximum absolute atomic E-state index is 6.18. The third-order valence-electron chi connectivity index (χ3n) is 4.93. The first-order valence-electron chi connectivity index (χ1n) is 8.39. The van der Waals surface area contributed by atoms with Gasteiger partial charge < -0.3 is 9.64 Å². The van der Waals surface area contributed by atoms with Crippen LogP contribution in [0.1, 0.15) is 6.42 Å². The third-order valence-corrected chi connectivity index (χ3v) is 5.17. The molecule has 0 radical (unpaired) electrons. The molecule has 3 heterocycles. The van der Waals surface area contributed by atoms with Crippen molar-refractivity contribution >= 4 is 28.2 Å². The molecule has 4 rings (SSSR count). The number of fused-ring (bicyclic) bond motifs is 1. The Balaban J connectivity index is 1.47. The Hall–Kier alpha value is -1.36. The standard InChI is InChI=1S/C18H22ClN3O/c19-15-1-2-17-16(11-15)18(3-5-20-17)22-8-6-21(7-9-22)12-14-4-10-23-13-14/h1-3,5,11,14H,4,6-10,12-13H2. The largest absolute Gasteiger partial charge is 0.381 e. The normalized spacial score (nSPS) is 22.8. The fraction of sp³-hybridized carbons (Fsp3) is 0.500. The van der Waals surface area contributed by atoms with Crippen molar-refractivity contribution in [3.8, 4) is 0 Å². The first-order chi connectivity index (χ1) is 11.3. The monoisotopic (exact) mass is 331 g/mol. The van der Waals surface area contributed by atoms with Gasteiger partial charge in [-0.1, -0.05) is 11.6 Å². The minimum atomic E-state index is 0.724. The van der Waals surface area contributed by atoms with Gasteiger partial charge in [-0.25, -0.2) is 0 Å². The summed E-state index contributed by atoms with van der Waals surface area (Å²) < 4.78 is 5.49. The molecular formula is C18H22ClN3O. The quantitative estimate of drug-likeness (QED) is 0.864. The number of rotatable bonds is 3. The Bertz CT molecular complexity index is 679. The number of anilines is 1. The number of hydrogen-bond acceptors (Lipinski definition) is 4. The van der Waals surface area contributed by atoms with Crippen LogP contribution in [0, 0.1) is 5.92 Å². The average Bonchev–Trinajstić information content (AvgIpc) is 3.08. The predicted molar refractivity (Wildman–Crippen MR) is 94.3 cm³/mol. The summed E-state index contributed by atoms with van der Waals surface area (Å²) in [4.78, 5) is 9.49. The van der Waals surface area contributed by atoms with Crippen molar-refractivity contribution < 1.29 is 4.74 Å². The molecule has 1 unspecified atom stereocenters. The van der Waals surface area contributed by atoms with Crippen molar-refractivity contribution in [1.82, 2.24) is 9.88 Å². The molecule has 2 aromatic rings. The summed E-state index contributed by atoms with van der Waals surface area (Å²) in [5.41, 5.74) is 2.26. The molecule has 4 nitrogen and oxygen atoms in total. The number of aromatic nitrogens is 1. The van der Waals surface area contributed by atoms with Crippen LogP contribution in [0.4, 0.5) is 5.69 Å². The molecule has 2 fully saturated rings. The Kier molecular flexibility index (Phi) is 4.38. The van der Waals surface area contributed by atoms with E-state index in [0.29, 0.717) is 0 Å². The highest BCUT2D eigenvalue weighted by molar-refractivity contribution is 6.31. The number of halogens is 1. The molecule has 0 N–H and O–H groups in total. The number of benzene rings is 1.